The third-order valence-corrected chi connectivity index (χ3v) is 10.6. The topological polar surface area (TPSA) is 0 Å². The summed E-state index contributed by atoms with van der Waals surface area (Å²) >= 11 is 0. The van der Waals surface area contributed by atoms with Gasteiger partial charge in [-0.05, 0) is 99.7 Å². The molecule has 48 heavy (non-hydrogen) atoms. The van der Waals surface area contributed by atoms with Crippen LogP contribution in [0.3, 0.4) is 0 Å². The maximum Gasteiger partial charge on any atom is 0.0131 e. The van der Waals surface area contributed by atoms with E-state index in [1.54, 1.807) is 0 Å². The van der Waals surface area contributed by atoms with Crippen molar-refractivity contribution in [2.24, 2.45) is 5.92 Å². The Morgan fingerprint density at radius 1 is 0.375 bits per heavy atom. The van der Waals surface area contributed by atoms with Crippen molar-refractivity contribution in [3.8, 4) is 33.4 Å². The first-order chi connectivity index (χ1) is 23.8. The van der Waals surface area contributed by atoms with Crippen LogP contribution in [0.25, 0.3) is 82.5 Å². The number of hydrogen-bond donors (Lipinski definition) is 0. The summed E-state index contributed by atoms with van der Waals surface area (Å²) in [6, 6.07) is 54.0. The Hall–Kier alpha value is -5.98. The first-order valence-corrected chi connectivity index (χ1v) is 16.9. The largest absolute Gasteiger partial charge is 0.0767 e. The van der Waals surface area contributed by atoms with Gasteiger partial charge in [0.05, 0.1) is 0 Å². The molecule has 224 valence electrons. The van der Waals surface area contributed by atoms with E-state index in [0.717, 1.165) is 0 Å². The van der Waals surface area contributed by atoms with Crippen molar-refractivity contribution in [1.29, 1.82) is 0 Å². The summed E-state index contributed by atoms with van der Waals surface area (Å²) < 4.78 is 0. The molecule has 0 bridgehead atoms. The summed E-state index contributed by atoms with van der Waals surface area (Å²) in [4.78, 5) is 0. The third kappa shape index (κ3) is 4.16. The number of fused-ring (bicyclic) bond motifs is 8. The minimum Gasteiger partial charge on any atom is -0.0767 e. The Kier molecular flexibility index (Phi) is 6.11. The highest BCUT2D eigenvalue weighted by Gasteiger charge is 2.28. The van der Waals surface area contributed by atoms with Gasteiger partial charge in [0, 0.05) is 11.8 Å². The zero-order valence-electron chi connectivity index (χ0n) is 26.5. The molecule has 0 aromatic heterocycles. The van der Waals surface area contributed by atoms with E-state index in [0.29, 0.717) is 11.8 Å². The number of allylic oxidation sites excluding steroid dienone is 5. The average molecular weight is 609 g/mol. The van der Waals surface area contributed by atoms with Gasteiger partial charge in [0.25, 0.3) is 0 Å². The second-order valence-corrected chi connectivity index (χ2v) is 13.2. The van der Waals surface area contributed by atoms with Gasteiger partial charge in [-0.2, -0.15) is 0 Å². The van der Waals surface area contributed by atoms with Crippen LogP contribution in [0.5, 0.6) is 0 Å². The van der Waals surface area contributed by atoms with Crippen molar-refractivity contribution < 1.29 is 0 Å². The third-order valence-electron chi connectivity index (χ3n) is 10.6. The number of rotatable bonds is 3. The van der Waals surface area contributed by atoms with Gasteiger partial charge < -0.3 is 0 Å². The molecule has 2 atom stereocenters. The number of hydrogen-bond acceptors (Lipinski definition) is 0. The van der Waals surface area contributed by atoms with Crippen molar-refractivity contribution in [2.45, 2.75) is 5.92 Å². The van der Waals surface area contributed by atoms with E-state index < -0.39 is 0 Å². The van der Waals surface area contributed by atoms with Crippen LogP contribution in [0.1, 0.15) is 17.0 Å². The fourth-order valence-corrected chi connectivity index (χ4v) is 8.38. The highest BCUT2D eigenvalue weighted by atomic mass is 14.3. The van der Waals surface area contributed by atoms with Crippen LogP contribution in [-0.2, 0) is 0 Å². The lowest BCUT2D eigenvalue weighted by Crippen LogP contribution is -2.14. The average Bonchev–Trinajstić information content (AvgIpc) is 3.16. The van der Waals surface area contributed by atoms with E-state index in [-0.39, 0.29) is 0 Å². The predicted octanol–water partition coefficient (Wildman–Crippen LogP) is 13.2. The molecule has 0 N–H and O–H groups in total. The highest BCUT2D eigenvalue weighted by Crippen LogP contribution is 2.49. The molecule has 2 aliphatic carbocycles. The summed E-state index contributed by atoms with van der Waals surface area (Å²) in [5.41, 5.74) is 10.4. The fourth-order valence-electron chi connectivity index (χ4n) is 8.38. The van der Waals surface area contributed by atoms with Gasteiger partial charge in [0.1, 0.15) is 0 Å². The Bertz CT molecular complexity index is 2610. The summed E-state index contributed by atoms with van der Waals surface area (Å²) in [6.45, 7) is 0. The molecule has 0 heteroatoms. The molecule has 0 nitrogen and oxygen atoms in total. The molecular weight excluding hydrogens is 577 g/mol. The standard InChI is InChI=1S/C48H32/c1-2-13-35-29-36(27-23-31(35)11-1)32-21-25-34(26-22-32)46-41-17-7-9-19-43(41)48(44-20-10-8-18-42(44)46)45-30-37-28-24-33-12-3-4-14-38(33)47(37)40-16-6-5-15-39(40)45/h1-30,33,38H. The van der Waals surface area contributed by atoms with E-state index in [9.17, 15) is 0 Å². The Balaban J connectivity index is 1.20. The van der Waals surface area contributed by atoms with Crippen LogP contribution in [0.2, 0.25) is 0 Å². The van der Waals surface area contributed by atoms with E-state index in [4.69, 9.17) is 0 Å². The molecule has 2 aliphatic rings. The molecule has 0 heterocycles. The fraction of sp³-hybridized carbons (Fsp3) is 0.0417. The van der Waals surface area contributed by atoms with Crippen LogP contribution in [-0.4, -0.2) is 0 Å². The quantitative estimate of drug-likeness (QED) is 0.175. The molecule has 0 saturated carbocycles. The molecule has 0 radical (unpaired) electrons. The predicted molar refractivity (Wildman–Crippen MR) is 206 cm³/mol. The van der Waals surface area contributed by atoms with Crippen LogP contribution in [0.15, 0.2) is 176 Å². The summed E-state index contributed by atoms with van der Waals surface area (Å²) in [7, 11) is 0. The molecule has 0 amide bonds. The van der Waals surface area contributed by atoms with Crippen molar-refractivity contribution in [3.05, 3.63) is 187 Å². The molecular formula is C48H32. The molecule has 8 aromatic carbocycles. The summed E-state index contributed by atoms with van der Waals surface area (Å²) in [6.07, 6.45) is 13.8. The van der Waals surface area contributed by atoms with E-state index in [1.807, 2.05) is 0 Å². The van der Waals surface area contributed by atoms with Crippen LogP contribution in [0.4, 0.5) is 0 Å². The van der Waals surface area contributed by atoms with Gasteiger partial charge in [0.15, 0.2) is 0 Å². The van der Waals surface area contributed by atoms with E-state index >= 15 is 0 Å². The van der Waals surface area contributed by atoms with Crippen LogP contribution < -0.4 is 0 Å². The first-order valence-electron chi connectivity index (χ1n) is 16.9. The second-order valence-electron chi connectivity index (χ2n) is 13.2. The van der Waals surface area contributed by atoms with Crippen molar-refractivity contribution in [3.63, 3.8) is 0 Å². The van der Waals surface area contributed by atoms with Gasteiger partial charge in [-0.15, -0.1) is 0 Å². The summed E-state index contributed by atoms with van der Waals surface area (Å²) in [5.74, 6) is 0.771. The van der Waals surface area contributed by atoms with Gasteiger partial charge >= 0.3 is 0 Å². The number of benzene rings is 8. The minimum absolute atomic E-state index is 0.363. The van der Waals surface area contributed by atoms with E-state index in [2.05, 4.69) is 182 Å². The lowest BCUT2D eigenvalue weighted by atomic mass is 9.74. The van der Waals surface area contributed by atoms with Crippen LogP contribution in [0, 0.1) is 5.92 Å². The Labute approximate surface area is 280 Å². The van der Waals surface area contributed by atoms with Gasteiger partial charge in [-0.1, -0.05) is 170 Å². The Morgan fingerprint density at radius 3 is 1.67 bits per heavy atom. The van der Waals surface area contributed by atoms with Crippen molar-refractivity contribution in [1.82, 2.24) is 0 Å². The smallest absolute Gasteiger partial charge is 0.0131 e. The van der Waals surface area contributed by atoms with Gasteiger partial charge in [0.2, 0.25) is 0 Å². The maximum atomic E-state index is 2.46. The van der Waals surface area contributed by atoms with Crippen molar-refractivity contribution >= 4 is 49.2 Å². The molecule has 0 aliphatic heterocycles. The van der Waals surface area contributed by atoms with Gasteiger partial charge in [-0.3, -0.25) is 0 Å². The van der Waals surface area contributed by atoms with Crippen molar-refractivity contribution in [2.75, 3.05) is 0 Å². The zero-order chi connectivity index (χ0) is 31.6. The first kappa shape index (κ1) is 27.2. The zero-order valence-corrected chi connectivity index (χ0v) is 26.5. The normalized spacial score (nSPS) is 16.5. The lowest BCUT2D eigenvalue weighted by molar-refractivity contribution is 0.697. The van der Waals surface area contributed by atoms with E-state index in [1.165, 1.54) is 87.6 Å². The second kappa shape index (κ2) is 10.8. The molecule has 10 rings (SSSR count). The van der Waals surface area contributed by atoms with Crippen LogP contribution >= 0.6 is 0 Å². The lowest BCUT2D eigenvalue weighted by Gasteiger charge is -2.30. The monoisotopic (exact) mass is 608 g/mol. The minimum atomic E-state index is 0.363. The molecule has 0 spiro atoms. The highest BCUT2D eigenvalue weighted by molar-refractivity contribution is 6.24. The van der Waals surface area contributed by atoms with Gasteiger partial charge in [-0.25, -0.2) is 0 Å². The molecule has 0 saturated heterocycles. The molecule has 0 fully saturated rings. The Morgan fingerprint density at radius 2 is 0.938 bits per heavy atom. The SMILES string of the molecule is C1=CC2C=Cc3cc(-c4c5ccccc5c(-c5ccc(-c6ccc7ccccc7c6)cc5)c5ccccc45)c4ccccc4c3C2C=C1. The molecule has 2 unspecified atom stereocenters. The molecule has 8 aromatic rings. The maximum absolute atomic E-state index is 2.46. The summed E-state index contributed by atoms with van der Waals surface area (Å²) in [5, 5.41) is 10.3.